The highest BCUT2D eigenvalue weighted by molar-refractivity contribution is 6.30. The highest BCUT2D eigenvalue weighted by atomic mass is 35.5. The second kappa shape index (κ2) is 4.90. The molecule has 0 fully saturated rings. The summed E-state index contributed by atoms with van der Waals surface area (Å²) in [5.74, 6) is -0.537. The first-order valence-corrected chi connectivity index (χ1v) is 5.49. The smallest absolute Gasteiger partial charge is 0.263 e. The topological polar surface area (TPSA) is 26.0 Å². The van der Waals surface area contributed by atoms with Gasteiger partial charge < -0.3 is 5.73 Å². The first-order valence-electron chi connectivity index (χ1n) is 5.11. The molecule has 5 heteroatoms. The molecule has 2 N–H and O–H groups in total. The van der Waals surface area contributed by atoms with Crippen molar-refractivity contribution in [1.82, 2.24) is 0 Å². The van der Waals surface area contributed by atoms with Crippen molar-refractivity contribution in [3.05, 3.63) is 52.8 Å². The van der Waals surface area contributed by atoms with Gasteiger partial charge in [-0.2, -0.15) is 0 Å². The van der Waals surface area contributed by atoms with Crippen molar-refractivity contribution >= 4 is 17.3 Å². The van der Waals surface area contributed by atoms with Crippen LogP contribution in [0.25, 0.3) is 11.1 Å². The molecule has 0 bridgehead atoms. The van der Waals surface area contributed by atoms with Crippen molar-refractivity contribution < 1.29 is 13.2 Å². The fraction of sp³-hybridized carbons (Fsp3) is 0.0769. The van der Waals surface area contributed by atoms with E-state index in [1.165, 1.54) is 30.3 Å². The Balaban J connectivity index is 2.60. The van der Waals surface area contributed by atoms with E-state index in [2.05, 4.69) is 0 Å². The SMILES string of the molecule is Nc1cc(-c2cc(Cl)ccc2F)cc(C(F)F)c1. The highest BCUT2D eigenvalue weighted by Crippen LogP contribution is 2.31. The normalized spacial score (nSPS) is 10.9. The van der Waals surface area contributed by atoms with Crippen LogP contribution in [0.15, 0.2) is 36.4 Å². The van der Waals surface area contributed by atoms with Gasteiger partial charge in [0.2, 0.25) is 0 Å². The monoisotopic (exact) mass is 271 g/mol. The summed E-state index contributed by atoms with van der Waals surface area (Å²) in [5, 5.41) is 0.326. The number of hydrogen-bond donors (Lipinski definition) is 1. The van der Waals surface area contributed by atoms with E-state index in [0.717, 1.165) is 6.07 Å². The van der Waals surface area contributed by atoms with Crippen LogP contribution < -0.4 is 5.73 Å². The van der Waals surface area contributed by atoms with Gasteiger partial charge in [0.25, 0.3) is 6.43 Å². The molecule has 1 nitrogen and oxygen atoms in total. The maximum Gasteiger partial charge on any atom is 0.263 e. The summed E-state index contributed by atoms with van der Waals surface area (Å²) in [4.78, 5) is 0. The van der Waals surface area contributed by atoms with Crippen molar-refractivity contribution in [2.75, 3.05) is 5.73 Å². The fourth-order valence-electron chi connectivity index (χ4n) is 1.68. The average molecular weight is 272 g/mol. The zero-order chi connectivity index (χ0) is 13.3. The Morgan fingerprint density at radius 1 is 1.06 bits per heavy atom. The molecule has 0 radical (unpaired) electrons. The second-order valence-corrected chi connectivity index (χ2v) is 4.25. The Kier molecular flexibility index (Phi) is 3.48. The number of benzene rings is 2. The van der Waals surface area contributed by atoms with Gasteiger partial charge in [-0.25, -0.2) is 13.2 Å². The molecule has 0 atom stereocenters. The summed E-state index contributed by atoms with van der Waals surface area (Å²) >= 11 is 5.76. The second-order valence-electron chi connectivity index (χ2n) is 3.81. The first kappa shape index (κ1) is 12.8. The third-order valence-electron chi connectivity index (χ3n) is 2.47. The lowest BCUT2D eigenvalue weighted by Crippen LogP contribution is -1.93. The number of alkyl halides is 2. The lowest BCUT2D eigenvalue weighted by Gasteiger charge is -2.08. The lowest BCUT2D eigenvalue weighted by atomic mass is 10.0. The van der Waals surface area contributed by atoms with E-state index in [9.17, 15) is 13.2 Å². The minimum absolute atomic E-state index is 0.150. The van der Waals surface area contributed by atoms with Crippen LogP contribution in [-0.4, -0.2) is 0 Å². The van der Waals surface area contributed by atoms with Crippen LogP contribution in [0.5, 0.6) is 0 Å². The molecule has 0 aliphatic rings. The molecule has 0 saturated carbocycles. The van der Waals surface area contributed by atoms with E-state index >= 15 is 0 Å². The maximum absolute atomic E-state index is 13.6. The van der Waals surface area contributed by atoms with Crippen molar-refractivity contribution in [1.29, 1.82) is 0 Å². The van der Waals surface area contributed by atoms with Crippen LogP contribution >= 0.6 is 11.6 Å². The third-order valence-corrected chi connectivity index (χ3v) is 2.70. The number of nitrogens with two attached hydrogens (primary N) is 1. The number of anilines is 1. The number of halogens is 4. The number of hydrogen-bond acceptors (Lipinski definition) is 1. The summed E-state index contributed by atoms with van der Waals surface area (Å²) < 4.78 is 38.9. The third kappa shape index (κ3) is 2.59. The molecule has 2 rings (SSSR count). The van der Waals surface area contributed by atoms with E-state index in [-0.39, 0.29) is 22.4 Å². The Labute approximate surface area is 107 Å². The molecule has 2 aromatic rings. The van der Waals surface area contributed by atoms with Crippen molar-refractivity contribution in [2.24, 2.45) is 0 Å². The van der Waals surface area contributed by atoms with E-state index in [1.54, 1.807) is 0 Å². The van der Waals surface area contributed by atoms with Crippen molar-refractivity contribution in [3.63, 3.8) is 0 Å². The lowest BCUT2D eigenvalue weighted by molar-refractivity contribution is 0.151. The molecule has 18 heavy (non-hydrogen) atoms. The molecule has 94 valence electrons. The van der Waals surface area contributed by atoms with Crippen LogP contribution in [-0.2, 0) is 0 Å². The van der Waals surface area contributed by atoms with Crippen LogP contribution in [0.1, 0.15) is 12.0 Å². The van der Waals surface area contributed by atoms with Crippen LogP contribution in [0, 0.1) is 5.82 Å². The average Bonchev–Trinajstić information content (AvgIpc) is 2.31. The van der Waals surface area contributed by atoms with E-state index in [1.807, 2.05) is 0 Å². The zero-order valence-electron chi connectivity index (χ0n) is 9.13. The van der Waals surface area contributed by atoms with Gasteiger partial charge in [0.15, 0.2) is 0 Å². The van der Waals surface area contributed by atoms with Gasteiger partial charge >= 0.3 is 0 Å². The molecular weight excluding hydrogens is 263 g/mol. The Morgan fingerprint density at radius 2 is 1.78 bits per heavy atom. The number of nitrogen functional groups attached to an aromatic ring is 1. The summed E-state index contributed by atoms with van der Waals surface area (Å²) in [6.45, 7) is 0. The predicted molar refractivity (Wildman–Crippen MR) is 66.2 cm³/mol. The van der Waals surface area contributed by atoms with Gasteiger partial charge in [0, 0.05) is 21.8 Å². The summed E-state index contributed by atoms with van der Waals surface area (Å²) in [6, 6.07) is 7.75. The molecule has 0 aromatic heterocycles. The van der Waals surface area contributed by atoms with Gasteiger partial charge in [-0.15, -0.1) is 0 Å². The van der Waals surface area contributed by atoms with Crippen LogP contribution in [0.2, 0.25) is 5.02 Å². The maximum atomic E-state index is 13.6. The minimum Gasteiger partial charge on any atom is -0.399 e. The van der Waals surface area contributed by atoms with Crippen molar-refractivity contribution in [2.45, 2.75) is 6.43 Å². The summed E-state index contributed by atoms with van der Waals surface area (Å²) in [7, 11) is 0. The predicted octanol–water partition coefficient (Wildman–Crippen LogP) is 4.67. The van der Waals surface area contributed by atoms with Crippen molar-refractivity contribution in [3.8, 4) is 11.1 Å². The fourth-order valence-corrected chi connectivity index (χ4v) is 1.85. The standard InChI is InChI=1S/C13H9ClF3N/c14-9-1-2-12(15)11(6-9)7-3-8(13(16)17)5-10(18)4-7/h1-6,13H,18H2. The molecule has 2 aromatic carbocycles. The van der Waals surface area contributed by atoms with Gasteiger partial charge in [-0.3, -0.25) is 0 Å². The quantitative estimate of drug-likeness (QED) is 0.790. The molecule has 0 unspecified atom stereocenters. The molecule has 0 saturated heterocycles. The summed E-state index contributed by atoms with van der Waals surface area (Å²) in [5.41, 5.74) is 5.88. The Hall–Kier alpha value is -1.68. The first-order chi connectivity index (χ1) is 8.47. The molecule has 0 heterocycles. The van der Waals surface area contributed by atoms with Crippen LogP contribution in [0.4, 0.5) is 18.9 Å². The zero-order valence-corrected chi connectivity index (χ0v) is 9.89. The minimum atomic E-state index is -2.66. The van der Waals surface area contributed by atoms with Gasteiger partial charge in [-0.1, -0.05) is 11.6 Å². The highest BCUT2D eigenvalue weighted by Gasteiger charge is 2.12. The molecule has 0 spiro atoms. The van der Waals surface area contributed by atoms with E-state index in [0.29, 0.717) is 5.02 Å². The summed E-state index contributed by atoms with van der Waals surface area (Å²) in [6.07, 6.45) is -2.66. The Bertz CT molecular complexity index is 584. The van der Waals surface area contributed by atoms with Crippen LogP contribution in [0.3, 0.4) is 0 Å². The van der Waals surface area contributed by atoms with Gasteiger partial charge in [0.05, 0.1) is 0 Å². The van der Waals surface area contributed by atoms with Gasteiger partial charge in [0.1, 0.15) is 5.82 Å². The van der Waals surface area contributed by atoms with E-state index < -0.39 is 12.2 Å². The number of rotatable bonds is 2. The largest absolute Gasteiger partial charge is 0.399 e. The Morgan fingerprint density at radius 3 is 2.44 bits per heavy atom. The molecular formula is C13H9ClF3N. The van der Waals surface area contributed by atoms with E-state index in [4.69, 9.17) is 17.3 Å². The molecule has 0 aliphatic heterocycles. The van der Waals surface area contributed by atoms with Gasteiger partial charge in [-0.05, 0) is 42.0 Å². The molecule has 0 aliphatic carbocycles. The molecule has 0 amide bonds.